The minimum Gasteiger partial charge on any atom is -0.493 e. The van der Waals surface area contributed by atoms with Gasteiger partial charge in [-0.15, -0.1) is 0 Å². The van der Waals surface area contributed by atoms with E-state index in [1.165, 1.54) is 5.56 Å². The average molecular weight is 401 g/mol. The van der Waals surface area contributed by atoms with Crippen molar-refractivity contribution < 1.29 is 14.3 Å². The number of fused-ring (bicyclic) bond motifs is 1. The van der Waals surface area contributed by atoms with E-state index in [2.05, 4.69) is 16.4 Å². The predicted octanol–water partition coefficient (Wildman–Crippen LogP) is 4.07. The number of aromatic nitrogens is 2. The molecule has 1 saturated carbocycles. The highest BCUT2D eigenvalue weighted by molar-refractivity contribution is 6.01. The van der Waals surface area contributed by atoms with Crippen molar-refractivity contribution in [2.24, 2.45) is 0 Å². The molecule has 1 aromatic carbocycles. The van der Waals surface area contributed by atoms with Gasteiger partial charge in [0, 0.05) is 24.2 Å². The number of benzene rings is 1. The average Bonchev–Trinajstić information content (AvgIpc) is 3.46. The van der Waals surface area contributed by atoms with Crippen LogP contribution in [0.3, 0.4) is 0 Å². The van der Waals surface area contributed by atoms with E-state index < -0.39 is 5.41 Å². The van der Waals surface area contributed by atoms with Gasteiger partial charge in [-0.25, -0.2) is 9.97 Å². The summed E-state index contributed by atoms with van der Waals surface area (Å²) in [6.45, 7) is 2.71. The summed E-state index contributed by atoms with van der Waals surface area (Å²) in [6.07, 6.45) is 4.29. The van der Waals surface area contributed by atoms with Crippen LogP contribution in [-0.2, 0) is 16.6 Å². The summed E-state index contributed by atoms with van der Waals surface area (Å²) >= 11 is 0. The number of hydrogen-bond acceptors (Lipinski definition) is 5. The van der Waals surface area contributed by atoms with Crippen molar-refractivity contribution in [2.45, 2.75) is 31.6 Å². The molecule has 3 heterocycles. The fourth-order valence-corrected chi connectivity index (χ4v) is 4.05. The molecular formula is C24H23N3O3. The molecular weight excluding hydrogens is 378 g/mol. The van der Waals surface area contributed by atoms with Crippen molar-refractivity contribution in [1.29, 1.82) is 0 Å². The van der Waals surface area contributed by atoms with Crippen molar-refractivity contribution in [2.75, 3.05) is 19.0 Å². The highest BCUT2D eigenvalue weighted by atomic mass is 16.5. The zero-order valence-electron chi connectivity index (χ0n) is 17.1. The number of pyridine rings is 2. The van der Waals surface area contributed by atoms with Crippen LogP contribution < -0.4 is 14.8 Å². The lowest BCUT2D eigenvalue weighted by molar-refractivity contribution is -0.118. The van der Waals surface area contributed by atoms with Gasteiger partial charge in [-0.1, -0.05) is 18.2 Å². The molecule has 2 aromatic heterocycles. The molecule has 6 nitrogen and oxygen atoms in total. The molecule has 1 amide bonds. The Morgan fingerprint density at radius 3 is 2.83 bits per heavy atom. The van der Waals surface area contributed by atoms with Crippen LogP contribution in [0.25, 0.3) is 11.3 Å². The first-order chi connectivity index (χ1) is 14.6. The van der Waals surface area contributed by atoms with E-state index in [1.54, 1.807) is 13.3 Å². The van der Waals surface area contributed by atoms with Crippen molar-refractivity contribution in [3.8, 4) is 22.9 Å². The lowest BCUT2D eigenvalue weighted by Gasteiger charge is -2.17. The number of aryl methyl sites for hydroxylation is 1. The zero-order valence-corrected chi connectivity index (χ0v) is 17.1. The maximum absolute atomic E-state index is 13.2. The van der Waals surface area contributed by atoms with E-state index in [1.807, 2.05) is 43.3 Å². The number of carbonyl (C=O) groups is 1. The normalized spacial score (nSPS) is 15.8. The molecule has 3 aromatic rings. The zero-order chi connectivity index (χ0) is 20.7. The molecule has 2 aliphatic rings. The smallest absolute Gasteiger partial charge is 0.236 e. The summed E-state index contributed by atoms with van der Waals surface area (Å²) in [4.78, 5) is 22.1. The van der Waals surface area contributed by atoms with Gasteiger partial charge >= 0.3 is 0 Å². The lowest BCUT2D eigenvalue weighted by Crippen LogP contribution is -2.28. The van der Waals surface area contributed by atoms with Crippen LogP contribution in [-0.4, -0.2) is 29.6 Å². The Bertz CT molecular complexity index is 1140. The van der Waals surface area contributed by atoms with Crippen LogP contribution >= 0.6 is 0 Å². The Morgan fingerprint density at radius 1 is 1.17 bits per heavy atom. The van der Waals surface area contributed by atoms with Crippen LogP contribution in [0.5, 0.6) is 11.6 Å². The maximum atomic E-state index is 13.2. The first kappa shape index (κ1) is 18.6. The third-order valence-electron chi connectivity index (χ3n) is 5.98. The third-order valence-corrected chi connectivity index (χ3v) is 5.98. The fraction of sp³-hybridized carbons (Fsp3) is 0.292. The molecule has 0 saturated heterocycles. The monoisotopic (exact) mass is 401 g/mol. The largest absolute Gasteiger partial charge is 0.493 e. The molecule has 0 bridgehead atoms. The van der Waals surface area contributed by atoms with Crippen molar-refractivity contribution >= 4 is 11.7 Å². The highest BCUT2D eigenvalue weighted by Gasteiger charge is 2.51. The molecule has 0 atom stereocenters. The first-order valence-corrected chi connectivity index (χ1v) is 10.1. The summed E-state index contributed by atoms with van der Waals surface area (Å²) < 4.78 is 10.8. The minimum absolute atomic E-state index is 0.00372. The number of hydrogen-bond donors (Lipinski definition) is 1. The first-order valence-electron chi connectivity index (χ1n) is 10.1. The van der Waals surface area contributed by atoms with Crippen LogP contribution in [0, 0.1) is 6.92 Å². The summed E-state index contributed by atoms with van der Waals surface area (Å²) in [6, 6.07) is 13.7. The molecule has 0 unspecified atom stereocenters. The predicted molar refractivity (Wildman–Crippen MR) is 114 cm³/mol. The van der Waals surface area contributed by atoms with Gasteiger partial charge in [0.2, 0.25) is 11.8 Å². The Labute approximate surface area is 175 Å². The van der Waals surface area contributed by atoms with Crippen molar-refractivity contribution in [1.82, 2.24) is 9.97 Å². The molecule has 1 fully saturated rings. The van der Waals surface area contributed by atoms with E-state index in [9.17, 15) is 4.79 Å². The van der Waals surface area contributed by atoms with E-state index in [0.717, 1.165) is 47.4 Å². The molecule has 0 radical (unpaired) electrons. The number of nitrogens with zero attached hydrogens (tertiary/aromatic N) is 2. The van der Waals surface area contributed by atoms with Gasteiger partial charge in [0.1, 0.15) is 11.6 Å². The second kappa shape index (κ2) is 7.13. The third kappa shape index (κ3) is 3.18. The van der Waals surface area contributed by atoms with Gasteiger partial charge in [0.25, 0.3) is 0 Å². The van der Waals surface area contributed by atoms with Crippen LogP contribution in [0.1, 0.15) is 29.5 Å². The molecule has 1 N–H and O–H groups in total. The molecule has 6 heteroatoms. The van der Waals surface area contributed by atoms with Crippen molar-refractivity contribution in [3.63, 3.8) is 0 Å². The SMILES string of the molecule is COc1cc(-c2nc(NC(=O)C3(c4ccc5c(c4)CCO5)CC3)ccc2C)ccn1. The van der Waals surface area contributed by atoms with Gasteiger partial charge in [0.15, 0.2) is 0 Å². The van der Waals surface area contributed by atoms with E-state index >= 15 is 0 Å². The molecule has 152 valence electrons. The molecule has 30 heavy (non-hydrogen) atoms. The van der Waals surface area contributed by atoms with Gasteiger partial charge in [-0.05, 0) is 54.7 Å². The van der Waals surface area contributed by atoms with Gasteiger partial charge < -0.3 is 14.8 Å². The van der Waals surface area contributed by atoms with Crippen LogP contribution in [0.15, 0.2) is 48.7 Å². The van der Waals surface area contributed by atoms with Gasteiger partial charge in [-0.2, -0.15) is 0 Å². The molecule has 1 aliphatic heterocycles. The van der Waals surface area contributed by atoms with E-state index in [0.29, 0.717) is 18.3 Å². The standard InChI is InChI=1S/C24H23N3O3/c1-15-3-6-20(26-22(15)17-7-11-25-21(14-17)29-2)27-23(28)24(9-10-24)18-4-5-19-16(13-18)8-12-30-19/h3-7,11,13-14H,8-10,12H2,1-2H3,(H,26,27,28). The number of ether oxygens (including phenoxy) is 2. The molecule has 1 aliphatic carbocycles. The highest BCUT2D eigenvalue weighted by Crippen LogP contribution is 2.50. The molecule has 0 spiro atoms. The fourth-order valence-electron chi connectivity index (χ4n) is 4.05. The molecule has 5 rings (SSSR count). The van der Waals surface area contributed by atoms with Crippen LogP contribution in [0.2, 0.25) is 0 Å². The Hall–Kier alpha value is -3.41. The number of anilines is 1. The second-order valence-corrected chi connectivity index (χ2v) is 7.91. The second-order valence-electron chi connectivity index (χ2n) is 7.91. The summed E-state index contributed by atoms with van der Waals surface area (Å²) in [5.74, 6) is 2.01. The van der Waals surface area contributed by atoms with E-state index in [-0.39, 0.29) is 5.91 Å². The minimum atomic E-state index is -0.468. The Kier molecular flexibility index (Phi) is 4.42. The number of rotatable bonds is 5. The van der Waals surface area contributed by atoms with Gasteiger partial charge in [0.05, 0.1) is 24.8 Å². The van der Waals surface area contributed by atoms with Crippen molar-refractivity contribution in [3.05, 3.63) is 65.4 Å². The Balaban J connectivity index is 1.41. The number of nitrogens with one attached hydrogen (secondary N) is 1. The summed E-state index contributed by atoms with van der Waals surface area (Å²) in [5, 5.41) is 3.05. The quantitative estimate of drug-likeness (QED) is 0.698. The van der Waals surface area contributed by atoms with Gasteiger partial charge in [-0.3, -0.25) is 4.79 Å². The summed E-state index contributed by atoms with van der Waals surface area (Å²) in [7, 11) is 1.59. The summed E-state index contributed by atoms with van der Waals surface area (Å²) in [5.41, 5.74) is 4.50. The number of carbonyl (C=O) groups excluding carboxylic acids is 1. The van der Waals surface area contributed by atoms with E-state index in [4.69, 9.17) is 14.5 Å². The maximum Gasteiger partial charge on any atom is 0.236 e. The topological polar surface area (TPSA) is 73.3 Å². The number of amides is 1. The Morgan fingerprint density at radius 2 is 2.03 bits per heavy atom. The number of methoxy groups -OCH3 is 1. The lowest BCUT2D eigenvalue weighted by atomic mass is 9.93. The van der Waals surface area contributed by atoms with Crippen LogP contribution in [0.4, 0.5) is 5.82 Å².